The molecule has 0 aliphatic heterocycles. The minimum atomic E-state index is -0.188. The highest BCUT2D eigenvalue weighted by molar-refractivity contribution is 6.06. The van der Waals surface area contributed by atoms with Gasteiger partial charge < -0.3 is 14.6 Å². The molecule has 6 heteroatoms. The van der Waals surface area contributed by atoms with E-state index in [-0.39, 0.29) is 5.91 Å². The summed E-state index contributed by atoms with van der Waals surface area (Å²) in [4.78, 5) is 12.8. The van der Waals surface area contributed by atoms with Crippen LogP contribution in [0, 0.1) is 20.8 Å². The van der Waals surface area contributed by atoms with Crippen LogP contribution < -0.4 is 10.1 Å². The molecule has 6 nitrogen and oxygen atoms in total. The van der Waals surface area contributed by atoms with Gasteiger partial charge in [0, 0.05) is 17.5 Å². The molecular weight excluding hydrogens is 318 g/mol. The zero-order chi connectivity index (χ0) is 18.0. The molecule has 130 valence electrons. The van der Waals surface area contributed by atoms with Crippen molar-refractivity contribution in [2.75, 3.05) is 11.9 Å². The summed E-state index contributed by atoms with van der Waals surface area (Å²) in [7, 11) is 0. The first-order valence-electron chi connectivity index (χ1n) is 8.17. The molecule has 0 bridgehead atoms. The first-order chi connectivity index (χ1) is 12.0. The lowest BCUT2D eigenvalue weighted by Crippen LogP contribution is -2.14. The molecule has 1 aromatic carbocycles. The average molecular weight is 339 g/mol. The van der Waals surface area contributed by atoms with Gasteiger partial charge in [-0.25, -0.2) is 0 Å². The van der Waals surface area contributed by atoms with Crippen LogP contribution in [-0.2, 0) is 0 Å². The Bertz CT molecular complexity index is 909. The second-order valence-electron chi connectivity index (χ2n) is 5.80. The van der Waals surface area contributed by atoms with Crippen LogP contribution in [0.4, 0.5) is 5.69 Å². The first kappa shape index (κ1) is 16.8. The van der Waals surface area contributed by atoms with Gasteiger partial charge in [0.05, 0.1) is 17.9 Å². The molecule has 25 heavy (non-hydrogen) atoms. The fourth-order valence-electron chi connectivity index (χ4n) is 2.84. The molecule has 3 aromatic rings. The van der Waals surface area contributed by atoms with E-state index in [4.69, 9.17) is 9.26 Å². The Morgan fingerprint density at radius 3 is 2.68 bits per heavy atom. The van der Waals surface area contributed by atoms with Crippen molar-refractivity contribution in [2.45, 2.75) is 27.7 Å². The first-order valence-corrected chi connectivity index (χ1v) is 8.17. The van der Waals surface area contributed by atoms with Crippen molar-refractivity contribution in [1.29, 1.82) is 0 Å². The van der Waals surface area contributed by atoms with Gasteiger partial charge in [0.25, 0.3) is 5.91 Å². The van der Waals surface area contributed by atoms with Crippen molar-refractivity contribution < 1.29 is 14.1 Å². The summed E-state index contributed by atoms with van der Waals surface area (Å²) in [5.74, 6) is 1.85. The van der Waals surface area contributed by atoms with Crippen LogP contribution in [0.2, 0.25) is 0 Å². The van der Waals surface area contributed by atoms with Crippen molar-refractivity contribution in [1.82, 2.24) is 9.72 Å². The summed E-state index contributed by atoms with van der Waals surface area (Å²) in [5.41, 5.74) is 2.95. The van der Waals surface area contributed by atoms with Gasteiger partial charge in [-0.2, -0.15) is 0 Å². The van der Waals surface area contributed by atoms with E-state index in [1.807, 2.05) is 68.7 Å². The Morgan fingerprint density at radius 1 is 1.24 bits per heavy atom. The molecule has 3 rings (SSSR count). The molecule has 1 N–H and O–H groups in total. The number of anilines is 1. The fourth-order valence-corrected chi connectivity index (χ4v) is 2.84. The molecule has 0 aliphatic rings. The Kier molecular flexibility index (Phi) is 4.61. The number of ether oxygens (including phenoxy) is 1. The Hall–Kier alpha value is -3.02. The van der Waals surface area contributed by atoms with Crippen LogP contribution in [0.15, 0.2) is 40.9 Å². The third-order valence-corrected chi connectivity index (χ3v) is 3.96. The molecule has 0 saturated carbocycles. The number of nitrogens with one attached hydrogen (secondary N) is 1. The molecule has 0 saturated heterocycles. The maximum absolute atomic E-state index is 12.8. The normalized spacial score (nSPS) is 10.7. The van der Waals surface area contributed by atoms with Gasteiger partial charge in [0.2, 0.25) is 0 Å². The van der Waals surface area contributed by atoms with Gasteiger partial charge in [-0.15, -0.1) is 0 Å². The molecule has 1 amide bonds. The molecule has 0 aliphatic carbocycles. The van der Waals surface area contributed by atoms with E-state index in [0.717, 1.165) is 17.1 Å². The van der Waals surface area contributed by atoms with Gasteiger partial charge in [-0.3, -0.25) is 9.36 Å². The van der Waals surface area contributed by atoms with Gasteiger partial charge in [-0.05, 0) is 45.9 Å². The van der Waals surface area contributed by atoms with Crippen LogP contribution in [0.1, 0.15) is 34.4 Å². The lowest BCUT2D eigenvalue weighted by Gasteiger charge is -2.11. The molecule has 2 aromatic heterocycles. The highest BCUT2D eigenvalue weighted by Crippen LogP contribution is 2.26. The number of benzene rings is 1. The van der Waals surface area contributed by atoms with Gasteiger partial charge in [0.1, 0.15) is 11.5 Å². The number of aromatic nitrogens is 2. The molecule has 2 heterocycles. The molecular formula is C19H21N3O3. The second-order valence-corrected chi connectivity index (χ2v) is 5.80. The number of carbonyl (C=O) groups is 1. The van der Waals surface area contributed by atoms with Crippen molar-refractivity contribution in [3.63, 3.8) is 0 Å². The van der Waals surface area contributed by atoms with Gasteiger partial charge in [-0.1, -0.05) is 17.3 Å². The van der Waals surface area contributed by atoms with E-state index < -0.39 is 0 Å². The van der Waals surface area contributed by atoms with E-state index in [2.05, 4.69) is 10.5 Å². The van der Waals surface area contributed by atoms with Gasteiger partial charge >= 0.3 is 0 Å². The highest BCUT2D eigenvalue weighted by Gasteiger charge is 2.19. The standard InChI is InChI=1S/C19H21N3O3/c1-5-24-17-9-7-6-8-16(17)20-19(23)15-10-12(2)22(14(15)4)18-11-13(3)25-21-18/h6-11H,5H2,1-4H3,(H,20,23). The molecule has 0 unspecified atom stereocenters. The van der Waals surface area contributed by atoms with E-state index in [1.165, 1.54) is 0 Å². The highest BCUT2D eigenvalue weighted by atomic mass is 16.5. The number of para-hydroxylation sites is 2. The minimum Gasteiger partial charge on any atom is -0.492 e. The van der Waals surface area contributed by atoms with E-state index in [0.29, 0.717) is 29.4 Å². The summed E-state index contributed by atoms with van der Waals surface area (Å²) in [6.45, 7) is 8.10. The lowest BCUT2D eigenvalue weighted by atomic mass is 10.2. The SMILES string of the molecule is CCOc1ccccc1NC(=O)c1cc(C)n(-c2cc(C)on2)c1C. The van der Waals surface area contributed by atoms with Crippen LogP contribution in [-0.4, -0.2) is 22.2 Å². The van der Waals surface area contributed by atoms with Crippen molar-refractivity contribution >= 4 is 11.6 Å². The molecule has 0 atom stereocenters. The smallest absolute Gasteiger partial charge is 0.257 e. The van der Waals surface area contributed by atoms with E-state index in [9.17, 15) is 4.79 Å². The van der Waals surface area contributed by atoms with Crippen LogP contribution in [0.25, 0.3) is 5.82 Å². The zero-order valence-corrected chi connectivity index (χ0v) is 14.8. The Labute approximate surface area is 146 Å². The number of carbonyl (C=O) groups excluding carboxylic acids is 1. The number of hydrogen-bond donors (Lipinski definition) is 1. The molecule has 0 spiro atoms. The number of nitrogens with zero attached hydrogens (tertiary/aromatic N) is 2. The molecule has 0 fully saturated rings. The summed E-state index contributed by atoms with van der Waals surface area (Å²) in [6, 6.07) is 11.1. The minimum absolute atomic E-state index is 0.188. The molecule has 0 radical (unpaired) electrons. The largest absolute Gasteiger partial charge is 0.492 e. The van der Waals surface area contributed by atoms with Gasteiger partial charge in [0.15, 0.2) is 5.82 Å². The summed E-state index contributed by atoms with van der Waals surface area (Å²) < 4.78 is 12.6. The number of hydrogen-bond acceptors (Lipinski definition) is 4. The predicted molar refractivity (Wildman–Crippen MR) is 95.6 cm³/mol. The number of amides is 1. The number of aryl methyl sites for hydroxylation is 2. The summed E-state index contributed by atoms with van der Waals surface area (Å²) >= 11 is 0. The Balaban J connectivity index is 1.91. The monoisotopic (exact) mass is 339 g/mol. The Morgan fingerprint density at radius 2 is 2.00 bits per heavy atom. The average Bonchev–Trinajstić information content (AvgIpc) is 3.12. The fraction of sp³-hybridized carbons (Fsp3) is 0.263. The quantitative estimate of drug-likeness (QED) is 0.761. The predicted octanol–water partition coefficient (Wildman–Crippen LogP) is 4.04. The second kappa shape index (κ2) is 6.84. The third-order valence-electron chi connectivity index (χ3n) is 3.96. The van der Waals surface area contributed by atoms with E-state index >= 15 is 0 Å². The van der Waals surface area contributed by atoms with Crippen molar-refractivity contribution in [2.24, 2.45) is 0 Å². The van der Waals surface area contributed by atoms with Crippen molar-refractivity contribution in [3.8, 4) is 11.6 Å². The van der Waals surface area contributed by atoms with Crippen LogP contribution in [0.3, 0.4) is 0 Å². The van der Waals surface area contributed by atoms with Crippen molar-refractivity contribution in [3.05, 3.63) is 59.1 Å². The lowest BCUT2D eigenvalue weighted by molar-refractivity contribution is 0.102. The maximum atomic E-state index is 12.8. The summed E-state index contributed by atoms with van der Waals surface area (Å²) in [6.07, 6.45) is 0. The topological polar surface area (TPSA) is 69.3 Å². The van der Waals surface area contributed by atoms with Crippen LogP contribution in [0.5, 0.6) is 5.75 Å². The summed E-state index contributed by atoms with van der Waals surface area (Å²) in [5, 5.41) is 6.97. The maximum Gasteiger partial charge on any atom is 0.257 e. The van der Waals surface area contributed by atoms with Crippen LogP contribution >= 0.6 is 0 Å². The number of rotatable bonds is 5. The third kappa shape index (κ3) is 3.28. The zero-order valence-electron chi connectivity index (χ0n) is 14.8. The van der Waals surface area contributed by atoms with E-state index in [1.54, 1.807) is 0 Å².